The minimum absolute atomic E-state index is 0.128. The van der Waals surface area contributed by atoms with E-state index >= 15 is 0 Å². The van der Waals surface area contributed by atoms with E-state index in [9.17, 15) is 4.79 Å². The lowest BCUT2D eigenvalue weighted by atomic mass is 9.68. The van der Waals surface area contributed by atoms with Crippen molar-refractivity contribution in [2.75, 3.05) is 26.2 Å². The Morgan fingerprint density at radius 3 is 2.62 bits per heavy atom. The highest BCUT2D eigenvalue weighted by Gasteiger charge is 2.37. The Morgan fingerprint density at radius 2 is 1.92 bits per heavy atom. The number of aromatic nitrogens is 2. The molecule has 1 spiro atoms. The van der Waals surface area contributed by atoms with Gasteiger partial charge in [-0.1, -0.05) is 19.3 Å². The van der Waals surface area contributed by atoms with E-state index in [-0.39, 0.29) is 5.91 Å². The molecule has 1 N–H and O–H groups in total. The topological polar surface area (TPSA) is 50.2 Å². The minimum atomic E-state index is 0.128. The Morgan fingerprint density at radius 1 is 1.12 bits per heavy atom. The number of carbonyl (C=O) groups is 1. The summed E-state index contributed by atoms with van der Waals surface area (Å²) in [4.78, 5) is 14.8. The van der Waals surface area contributed by atoms with Crippen LogP contribution in [0.5, 0.6) is 0 Å². The summed E-state index contributed by atoms with van der Waals surface area (Å²) in [7, 11) is 0. The first-order valence-electron chi connectivity index (χ1n) is 9.81. The first-order valence-corrected chi connectivity index (χ1v) is 9.81. The number of rotatable bonds is 2. The quantitative estimate of drug-likeness (QED) is 0.907. The largest absolute Gasteiger partial charge is 0.337 e. The van der Waals surface area contributed by atoms with Crippen LogP contribution in [0.3, 0.4) is 0 Å². The summed E-state index contributed by atoms with van der Waals surface area (Å²) in [6.07, 6.45) is 13.6. The molecular formula is C19H30N4O. The van der Waals surface area contributed by atoms with Gasteiger partial charge in [-0.05, 0) is 56.6 Å². The fraction of sp³-hybridized carbons (Fsp3) is 0.789. The molecule has 0 radical (unpaired) electrons. The zero-order valence-corrected chi connectivity index (χ0v) is 14.7. The second-order valence-electron chi connectivity index (χ2n) is 8.03. The molecule has 3 aliphatic rings. The molecule has 4 rings (SSSR count). The van der Waals surface area contributed by atoms with Crippen molar-refractivity contribution in [1.29, 1.82) is 0 Å². The molecule has 1 unspecified atom stereocenters. The van der Waals surface area contributed by atoms with E-state index < -0.39 is 0 Å². The molecule has 3 heterocycles. The lowest BCUT2D eigenvalue weighted by Crippen LogP contribution is -2.44. The maximum atomic E-state index is 12.8. The first-order chi connectivity index (χ1) is 11.8. The van der Waals surface area contributed by atoms with Gasteiger partial charge in [-0.15, -0.1) is 0 Å². The van der Waals surface area contributed by atoms with E-state index in [1.54, 1.807) is 0 Å². The molecule has 1 aromatic heterocycles. The van der Waals surface area contributed by atoms with Gasteiger partial charge in [-0.2, -0.15) is 5.10 Å². The second kappa shape index (κ2) is 6.87. The molecule has 3 fully saturated rings. The van der Waals surface area contributed by atoms with E-state index in [4.69, 9.17) is 0 Å². The van der Waals surface area contributed by atoms with Gasteiger partial charge in [0.25, 0.3) is 5.91 Å². The number of hydrogen-bond donors (Lipinski definition) is 1. The molecule has 132 valence electrons. The molecule has 0 bridgehead atoms. The van der Waals surface area contributed by atoms with Crippen LogP contribution in [-0.2, 0) is 0 Å². The number of amides is 1. The van der Waals surface area contributed by atoms with Gasteiger partial charge in [-0.25, -0.2) is 0 Å². The molecule has 5 nitrogen and oxygen atoms in total. The average molecular weight is 330 g/mol. The number of piperidine rings is 2. The van der Waals surface area contributed by atoms with Crippen molar-refractivity contribution in [1.82, 2.24) is 20.0 Å². The second-order valence-corrected chi connectivity index (χ2v) is 8.03. The molecule has 1 saturated carbocycles. The molecular weight excluding hydrogens is 300 g/mol. The molecule has 1 aromatic rings. The summed E-state index contributed by atoms with van der Waals surface area (Å²) in [5, 5.41) is 8.01. The minimum Gasteiger partial charge on any atom is -0.337 e. The van der Waals surface area contributed by atoms with Crippen molar-refractivity contribution in [3.05, 3.63) is 18.0 Å². The van der Waals surface area contributed by atoms with Crippen LogP contribution in [-0.4, -0.2) is 46.8 Å². The Hall–Kier alpha value is -1.36. The van der Waals surface area contributed by atoms with Crippen molar-refractivity contribution in [2.24, 2.45) is 5.41 Å². The predicted molar refractivity (Wildman–Crippen MR) is 94.0 cm³/mol. The van der Waals surface area contributed by atoms with Gasteiger partial charge in [-0.3, -0.25) is 9.48 Å². The molecule has 2 saturated heterocycles. The Balaban J connectivity index is 1.37. The van der Waals surface area contributed by atoms with Gasteiger partial charge < -0.3 is 10.2 Å². The smallest absolute Gasteiger partial charge is 0.274 e. The Kier molecular flexibility index (Phi) is 4.61. The van der Waals surface area contributed by atoms with E-state index in [2.05, 4.69) is 10.4 Å². The van der Waals surface area contributed by atoms with Crippen LogP contribution in [0.4, 0.5) is 0 Å². The van der Waals surface area contributed by atoms with Crippen molar-refractivity contribution in [3.63, 3.8) is 0 Å². The molecule has 1 amide bonds. The third-order valence-corrected chi connectivity index (χ3v) is 6.50. The van der Waals surface area contributed by atoms with Gasteiger partial charge in [0.2, 0.25) is 0 Å². The Labute approximate surface area is 144 Å². The van der Waals surface area contributed by atoms with Gasteiger partial charge in [0, 0.05) is 25.8 Å². The molecule has 1 atom stereocenters. The van der Waals surface area contributed by atoms with Crippen LogP contribution in [0, 0.1) is 5.41 Å². The first kappa shape index (κ1) is 16.1. The number of likely N-dealkylation sites (tertiary alicyclic amines) is 1. The third kappa shape index (κ3) is 3.23. The third-order valence-electron chi connectivity index (χ3n) is 6.50. The molecule has 2 aliphatic heterocycles. The Bertz CT molecular complexity index is 560. The maximum Gasteiger partial charge on any atom is 0.274 e. The van der Waals surface area contributed by atoms with Gasteiger partial charge in [0.15, 0.2) is 0 Å². The summed E-state index contributed by atoms with van der Waals surface area (Å²) < 4.78 is 1.99. The van der Waals surface area contributed by atoms with E-state index in [1.807, 2.05) is 21.8 Å². The normalized spacial score (nSPS) is 27.3. The fourth-order valence-electron chi connectivity index (χ4n) is 4.86. The highest BCUT2D eigenvalue weighted by Crippen LogP contribution is 2.44. The SMILES string of the molecule is O=C(c1ccn(C2CCCNC2)n1)N1CCC2(CCCCC2)CC1. The van der Waals surface area contributed by atoms with E-state index in [1.165, 1.54) is 51.4 Å². The summed E-state index contributed by atoms with van der Waals surface area (Å²) in [6, 6.07) is 2.30. The van der Waals surface area contributed by atoms with Crippen molar-refractivity contribution >= 4 is 5.91 Å². The number of hydrogen-bond acceptors (Lipinski definition) is 3. The molecule has 1 aliphatic carbocycles. The lowest BCUT2D eigenvalue weighted by molar-refractivity contribution is 0.0466. The van der Waals surface area contributed by atoms with Crippen molar-refractivity contribution in [2.45, 2.75) is 63.8 Å². The van der Waals surface area contributed by atoms with Crippen LogP contribution in [0.25, 0.3) is 0 Å². The van der Waals surface area contributed by atoms with Crippen LogP contribution in [0.2, 0.25) is 0 Å². The van der Waals surface area contributed by atoms with Crippen LogP contribution in [0.1, 0.15) is 74.3 Å². The fourth-order valence-corrected chi connectivity index (χ4v) is 4.86. The van der Waals surface area contributed by atoms with Gasteiger partial charge >= 0.3 is 0 Å². The predicted octanol–water partition coefficient (Wildman–Crippen LogP) is 2.99. The number of nitrogens with zero attached hydrogens (tertiary/aromatic N) is 3. The van der Waals surface area contributed by atoms with Crippen molar-refractivity contribution < 1.29 is 4.79 Å². The summed E-state index contributed by atoms with van der Waals surface area (Å²) in [6.45, 7) is 3.88. The average Bonchev–Trinajstić information content (AvgIpc) is 3.13. The maximum absolute atomic E-state index is 12.8. The summed E-state index contributed by atoms with van der Waals surface area (Å²) in [5.74, 6) is 0.128. The summed E-state index contributed by atoms with van der Waals surface area (Å²) in [5.41, 5.74) is 1.17. The molecule has 5 heteroatoms. The standard InChI is InChI=1S/C19H30N4O/c24-18(17-6-12-23(21-17)16-5-4-11-20-15-16)22-13-9-19(10-14-22)7-2-1-3-8-19/h6,12,16,20H,1-5,7-11,13-15H2. The van der Waals surface area contributed by atoms with Gasteiger partial charge in [0.05, 0.1) is 6.04 Å². The lowest BCUT2D eigenvalue weighted by Gasteiger charge is -2.44. The number of carbonyl (C=O) groups excluding carboxylic acids is 1. The van der Waals surface area contributed by atoms with Gasteiger partial charge in [0.1, 0.15) is 5.69 Å². The summed E-state index contributed by atoms with van der Waals surface area (Å²) >= 11 is 0. The zero-order valence-electron chi connectivity index (χ0n) is 14.7. The number of nitrogens with one attached hydrogen (secondary N) is 1. The molecule has 24 heavy (non-hydrogen) atoms. The monoisotopic (exact) mass is 330 g/mol. The molecule has 0 aromatic carbocycles. The van der Waals surface area contributed by atoms with Crippen LogP contribution >= 0.6 is 0 Å². The highest BCUT2D eigenvalue weighted by atomic mass is 16.2. The zero-order chi connectivity index (χ0) is 16.4. The van der Waals surface area contributed by atoms with Crippen LogP contribution in [0.15, 0.2) is 12.3 Å². The van der Waals surface area contributed by atoms with E-state index in [0.29, 0.717) is 17.2 Å². The van der Waals surface area contributed by atoms with Crippen molar-refractivity contribution in [3.8, 4) is 0 Å². The highest BCUT2D eigenvalue weighted by molar-refractivity contribution is 5.92. The van der Waals surface area contributed by atoms with Crippen LogP contribution < -0.4 is 5.32 Å². The van der Waals surface area contributed by atoms with E-state index in [0.717, 1.165) is 32.6 Å².